The summed E-state index contributed by atoms with van der Waals surface area (Å²) in [5.74, 6) is 0. The minimum absolute atomic E-state index is 0. The number of hydrogen-bond donors (Lipinski definition) is 0. The maximum Gasteiger partial charge on any atom is 0.0437 e. The van der Waals surface area contributed by atoms with Crippen molar-refractivity contribution < 1.29 is 26.5 Å². The Bertz CT molecular complexity index is 15.0. The Balaban J connectivity index is 0. The van der Waals surface area contributed by atoms with Gasteiger partial charge in [0.25, 0.3) is 0 Å². The van der Waals surface area contributed by atoms with E-state index in [4.69, 9.17) is 4.74 Å². The molecule has 0 aromatic rings. The Morgan fingerprint density at radius 2 is 1.50 bits per heavy atom. The molecular weight excluding hydrogens is 112 g/mol. The summed E-state index contributed by atoms with van der Waals surface area (Å²) in [5.41, 5.74) is 0. The maximum absolute atomic E-state index is 4.83. The molecule has 0 aliphatic heterocycles. The Hall–Kier alpha value is 0.674. The van der Waals surface area contributed by atoms with E-state index in [1.165, 1.54) is 0 Å². The predicted octanol–water partition coefficient (Wildman–Crippen LogP) is 1.04. The molecule has 0 amide bonds. The number of hydrogen-bond acceptors (Lipinski definition) is 1. The Morgan fingerprint density at radius 3 is 1.50 bits per heavy atom. The summed E-state index contributed by atoms with van der Waals surface area (Å²) in [6, 6.07) is 0. The minimum atomic E-state index is 0. The van der Waals surface area contributed by atoms with E-state index < -0.39 is 0 Å². The summed E-state index contributed by atoms with van der Waals surface area (Å²) in [6.07, 6.45) is 0. The van der Waals surface area contributed by atoms with Crippen LogP contribution in [0.25, 0.3) is 0 Å². The van der Waals surface area contributed by atoms with Crippen LogP contribution in [0.15, 0.2) is 0 Å². The fourth-order valence-electron chi connectivity index (χ4n) is 0.204. The van der Waals surface area contributed by atoms with Crippen LogP contribution in [0.3, 0.4) is 0 Å². The van der Waals surface area contributed by atoms with Crippen LogP contribution in [0.2, 0.25) is 0 Å². The van der Waals surface area contributed by atoms with Crippen molar-refractivity contribution in [1.82, 2.24) is 0 Å². The molecular formula is C4H10OTi. The van der Waals surface area contributed by atoms with E-state index in [9.17, 15) is 0 Å². The van der Waals surface area contributed by atoms with Crippen LogP contribution in [0, 0.1) is 0 Å². The smallest absolute Gasteiger partial charge is 0.0437 e. The van der Waals surface area contributed by atoms with E-state index in [0.717, 1.165) is 13.2 Å². The van der Waals surface area contributed by atoms with Crippen molar-refractivity contribution in [3.8, 4) is 0 Å². The molecule has 0 aliphatic rings. The van der Waals surface area contributed by atoms with Crippen LogP contribution >= 0.6 is 0 Å². The fraction of sp³-hybridized carbons (Fsp3) is 1.00. The van der Waals surface area contributed by atoms with Gasteiger partial charge in [0.2, 0.25) is 0 Å². The number of rotatable bonds is 2. The normalized spacial score (nSPS) is 7.00. The first-order valence-corrected chi connectivity index (χ1v) is 1.99. The van der Waals surface area contributed by atoms with Gasteiger partial charge in [-0.25, -0.2) is 0 Å². The van der Waals surface area contributed by atoms with Gasteiger partial charge >= 0.3 is 0 Å². The molecule has 0 unspecified atom stereocenters. The molecule has 36 valence electrons. The molecule has 6 heavy (non-hydrogen) atoms. The second-order valence-corrected chi connectivity index (χ2v) is 0.781. The molecule has 0 saturated carbocycles. The molecule has 0 heterocycles. The molecule has 0 radical (unpaired) electrons. The van der Waals surface area contributed by atoms with Gasteiger partial charge in [0.15, 0.2) is 0 Å². The van der Waals surface area contributed by atoms with Gasteiger partial charge in [0.1, 0.15) is 0 Å². The first-order chi connectivity index (χ1) is 2.41. The first-order valence-electron chi connectivity index (χ1n) is 1.99. The molecule has 0 fully saturated rings. The molecule has 0 saturated heterocycles. The van der Waals surface area contributed by atoms with Crippen LogP contribution in [0.4, 0.5) is 0 Å². The molecule has 0 rings (SSSR count). The largest absolute Gasteiger partial charge is 0.382 e. The molecule has 0 spiro atoms. The SMILES string of the molecule is CCOCC.[Ti]. The van der Waals surface area contributed by atoms with Gasteiger partial charge in [-0.3, -0.25) is 0 Å². The van der Waals surface area contributed by atoms with Gasteiger partial charge in [-0.2, -0.15) is 0 Å². The van der Waals surface area contributed by atoms with Crippen molar-refractivity contribution >= 4 is 0 Å². The topological polar surface area (TPSA) is 9.23 Å². The zero-order valence-electron chi connectivity index (χ0n) is 4.32. The molecule has 0 atom stereocenters. The average molecular weight is 122 g/mol. The predicted molar refractivity (Wildman–Crippen MR) is 22.2 cm³/mol. The van der Waals surface area contributed by atoms with Crippen molar-refractivity contribution in [2.24, 2.45) is 0 Å². The third kappa shape index (κ3) is 8.82. The molecule has 2 heteroatoms. The monoisotopic (exact) mass is 122 g/mol. The van der Waals surface area contributed by atoms with E-state index in [1.807, 2.05) is 13.8 Å². The van der Waals surface area contributed by atoms with Crippen LogP contribution in [-0.2, 0) is 26.5 Å². The van der Waals surface area contributed by atoms with Gasteiger partial charge < -0.3 is 4.74 Å². The van der Waals surface area contributed by atoms with Crippen LogP contribution in [0.5, 0.6) is 0 Å². The Kier molecular flexibility index (Phi) is 15.1. The molecule has 0 N–H and O–H groups in total. The Morgan fingerprint density at radius 1 is 1.17 bits per heavy atom. The van der Waals surface area contributed by atoms with Crippen molar-refractivity contribution in [2.45, 2.75) is 13.8 Å². The van der Waals surface area contributed by atoms with Gasteiger partial charge in [-0.1, -0.05) is 0 Å². The third-order valence-electron chi connectivity index (χ3n) is 0.408. The molecule has 0 aromatic heterocycles. The maximum atomic E-state index is 4.83. The molecule has 0 aromatic carbocycles. The van der Waals surface area contributed by atoms with Crippen molar-refractivity contribution in [3.05, 3.63) is 0 Å². The Labute approximate surface area is 54.0 Å². The van der Waals surface area contributed by atoms with Crippen LogP contribution in [-0.4, -0.2) is 13.2 Å². The van der Waals surface area contributed by atoms with E-state index in [1.54, 1.807) is 0 Å². The van der Waals surface area contributed by atoms with E-state index in [0.29, 0.717) is 0 Å². The minimum Gasteiger partial charge on any atom is -0.382 e. The second-order valence-electron chi connectivity index (χ2n) is 0.781. The standard InChI is InChI=1S/C4H10O.Ti/c1-3-5-4-2;/h3-4H2,1-2H3;. The summed E-state index contributed by atoms with van der Waals surface area (Å²) in [5, 5.41) is 0. The van der Waals surface area contributed by atoms with Gasteiger partial charge in [0, 0.05) is 34.9 Å². The van der Waals surface area contributed by atoms with Crippen LogP contribution < -0.4 is 0 Å². The molecule has 0 aliphatic carbocycles. The molecule has 0 bridgehead atoms. The summed E-state index contributed by atoms with van der Waals surface area (Å²) >= 11 is 0. The van der Waals surface area contributed by atoms with E-state index in [2.05, 4.69) is 0 Å². The quantitative estimate of drug-likeness (QED) is 0.497. The van der Waals surface area contributed by atoms with Crippen molar-refractivity contribution in [3.63, 3.8) is 0 Å². The zero-order chi connectivity index (χ0) is 4.12. The van der Waals surface area contributed by atoms with E-state index in [-0.39, 0.29) is 21.7 Å². The van der Waals surface area contributed by atoms with Gasteiger partial charge in [0.05, 0.1) is 0 Å². The van der Waals surface area contributed by atoms with Gasteiger partial charge in [-0.15, -0.1) is 0 Å². The summed E-state index contributed by atoms with van der Waals surface area (Å²) in [4.78, 5) is 0. The number of ether oxygens (including phenoxy) is 1. The zero-order valence-corrected chi connectivity index (χ0v) is 5.88. The fourth-order valence-corrected chi connectivity index (χ4v) is 0.204. The molecule has 1 nitrogen and oxygen atoms in total. The third-order valence-corrected chi connectivity index (χ3v) is 0.408. The van der Waals surface area contributed by atoms with E-state index >= 15 is 0 Å². The summed E-state index contributed by atoms with van der Waals surface area (Å²) in [7, 11) is 0. The van der Waals surface area contributed by atoms with Crippen molar-refractivity contribution in [2.75, 3.05) is 13.2 Å². The first kappa shape index (κ1) is 9.84. The average Bonchev–Trinajstić information content (AvgIpc) is 1.41. The van der Waals surface area contributed by atoms with Crippen LogP contribution in [0.1, 0.15) is 13.8 Å². The van der Waals surface area contributed by atoms with Crippen molar-refractivity contribution in [1.29, 1.82) is 0 Å². The summed E-state index contributed by atoms with van der Waals surface area (Å²) < 4.78 is 4.83. The van der Waals surface area contributed by atoms with Gasteiger partial charge in [-0.05, 0) is 13.8 Å². The second kappa shape index (κ2) is 9.18. The summed E-state index contributed by atoms with van der Waals surface area (Å²) in [6.45, 7) is 5.67.